The van der Waals surface area contributed by atoms with Crippen LogP contribution in [0.3, 0.4) is 0 Å². The van der Waals surface area contributed by atoms with E-state index in [0.29, 0.717) is 100 Å². The van der Waals surface area contributed by atoms with Crippen LogP contribution in [0.2, 0.25) is 0 Å². The molecule has 4 aromatic carbocycles. The van der Waals surface area contributed by atoms with Crippen molar-refractivity contribution in [1.29, 1.82) is 0 Å². The lowest BCUT2D eigenvalue weighted by Gasteiger charge is -2.30. The predicted molar refractivity (Wildman–Crippen MR) is 373 cm³/mol. The van der Waals surface area contributed by atoms with E-state index in [2.05, 4.69) is 34.9 Å². The largest absolute Gasteiger partial charge is 0.710 e. The van der Waals surface area contributed by atoms with Gasteiger partial charge in [-0.25, -0.2) is 33.1 Å². The van der Waals surface area contributed by atoms with Crippen LogP contribution in [-0.4, -0.2) is 94.1 Å². The van der Waals surface area contributed by atoms with Gasteiger partial charge >= 0.3 is 46.2 Å². The molecular weight excluding hydrogens is 1380 g/mol. The molecule has 31 nitrogen and oxygen atoms in total. The minimum atomic E-state index is -4.53. The molecule has 0 saturated carbocycles. The zero-order valence-electron chi connectivity index (χ0n) is 60.2. The van der Waals surface area contributed by atoms with E-state index in [4.69, 9.17) is 42.0 Å². The Labute approximate surface area is 592 Å². The van der Waals surface area contributed by atoms with Crippen LogP contribution in [0.25, 0.3) is 44.1 Å². The average Bonchev–Trinajstić information content (AvgIpc) is 1.36. The highest BCUT2D eigenvalue weighted by Crippen LogP contribution is 2.56. The zero-order chi connectivity index (χ0) is 74.3. The van der Waals surface area contributed by atoms with E-state index in [-0.39, 0.29) is 73.9 Å². The summed E-state index contributed by atoms with van der Waals surface area (Å²) >= 11 is 0. The van der Waals surface area contributed by atoms with Crippen molar-refractivity contribution >= 4 is 67.6 Å². The van der Waals surface area contributed by atoms with Crippen LogP contribution >= 0.6 is 23.5 Å². The fraction of sp³-hybridized carbons (Fsp3) is 0.588. The second-order valence-corrected chi connectivity index (χ2v) is 33.9. The standard InChI is InChI=1S/C21H32N3O6P.C21H32N3O5P.C13H16N3O6P.C13H15N3O2/c1-20(2,3)29-31(27,30-21(4,5)6)28-12-8-11-19-22-24(26)18-14-16-10-7-9-15(16)13-17(18)23(19)25;1-20(2,3)28-30(26,29-21(4,5)6)27-12-8-11-19-22-17-13-15-9-7-10-16(15)14-18(17)24(25)23-19;17-15-11-7-9-3-1-4-10(9)8-12(11)16(18)14-13(15)5-2-6-22-23(19,20)21;17-6-2-5-13-14-11-7-9-3-1-4-10(9)8-12(11)16(18)15-13/h13-14H,7-12H2,1-6H3;13-14H,7-12H2,1-6H3;7-8H,1-6H2,(H2,19,20,21);7-8,17H,1-6H2. The summed E-state index contributed by atoms with van der Waals surface area (Å²) in [6.45, 7) is 21.3. The molecule has 4 heterocycles. The molecule has 0 spiro atoms. The molecule has 0 unspecified atom stereocenters. The van der Waals surface area contributed by atoms with Crippen LogP contribution in [0.5, 0.6) is 0 Å². The van der Waals surface area contributed by atoms with Gasteiger partial charge in [0, 0.05) is 53.9 Å². The Morgan fingerprint density at radius 2 is 0.657 bits per heavy atom. The Morgan fingerprint density at radius 1 is 0.382 bits per heavy atom. The maximum atomic E-state index is 13.1. The van der Waals surface area contributed by atoms with Gasteiger partial charge in [0.05, 0.1) is 64.8 Å². The summed E-state index contributed by atoms with van der Waals surface area (Å²) in [6, 6.07) is 14.8. The van der Waals surface area contributed by atoms with Crippen LogP contribution in [0.15, 0.2) is 48.5 Å². The second kappa shape index (κ2) is 32.6. The van der Waals surface area contributed by atoms with Crippen LogP contribution in [0, 0.1) is 31.2 Å². The molecule has 34 heteroatoms. The number of nitrogens with zero attached hydrogens (tertiary/aromatic N) is 12. The first-order valence-electron chi connectivity index (χ1n) is 34.6. The Morgan fingerprint density at radius 3 is 0.971 bits per heavy atom. The van der Waals surface area contributed by atoms with Crippen molar-refractivity contribution in [2.75, 3.05) is 26.4 Å². The predicted octanol–water partition coefficient (Wildman–Crippen LogP) is 8.83. The summed E-state index contributed by atoms with van der Waals surface area (Å²) in [7, 11) is -12.1. The van der Waals surface area contributed by atoms with Gasteiger partial charge < -0.3 is 46.1 Å². The van der Waals surface area contributed by atoms with E-state index in [1.165, 1.54) is 22.3 Å². The quantitative estimate of drug-likeness (QED) is 0.0247. The molecule has 0 fully saturated rings. The highest BCUT2D eigenvalue weighted by Gasteiger charge is 2.39. The van der Waals surface area contributed by atoms with E-state index in [1.54, 1.807) is 107 Å². The molecular formula is C68H95N12O19P3. The first-order valence-corrected chi connectivity index (χ1v) is 39.0. The van der Waals surface area contributed by atoms with E-state index in [1.807, 2.05) is 24.3 Å². The molecule has 0 radical (unpaired) electrons. The molecule has 4 aliphatic rings. The van der Waals surface area contributed by atoms with Crippen molar-refractivity contribution in [3.63, 3.8) is 0 Å². The monoisotopic (exact) mass is 1480 g/mol. The number of aryl methyl sites for hydroxylation is 12. The van der Waals surface area contributed by atoms with Gasteiger partial charge in [0.2, 0.25) is 21.2 Å². The first-order chi connectivity index (χ1) is 47.7. The summed E-state index contributed by atoms with van der Waals surface area (Å²) in [5.74, 6) is 1.03. The zero-order valence-corrected chi connectivity index (χ0v) is 62.9. The topological polar surface area (TPSA) is 415 Å². The second-order valence-electron chi connectivity index (χ2n) is 29.7. The summed E-state index contributed by atoms with van der Waals surface area (Å²) in [4.78, 5) is 28.4. The smallest absolute Gasteiger partial charge is 0.475 e. The third-order valence-corrected chi connectivity index (χ3v) is 20.9. The lowest BCUT2D eigenvalue weighted by atomic mass is 10.1. The molecule has 8 aromatic rings. The number of fused-ring (bicyclic) bond motifs is 8. The highest BCUT2D eigenvalue weighted by molar-refractivity contribution is 7.48. The van der Waals surface area contributed by atoms with Gasteiger partial charge in [0.1, 0.15) is 11.0 Å². The maximum Gasteiger partial charge on any atom is 0.475 e. The Kier molecular flexibility index (Phi) is 25.3. The Balaban J connectivity index is 0.000000161. The third kappa shape index (κ3) is 22.1. The third-order valence-electron chi connectivity index (χ3n) is 16.3. The van der Waals surface area contributed by atoms with Gasteiger partial charge in [-0.1, -0.05) is 0 Å². The summed E-state index contributed by atoms with van der Waals surface area (Å²) in [6.07, 6.45) is 14.8. The SMILES string of the molecule is CC(C)(C)OP(=O)(OCCCc1n[n+]([O-])c2cc3c(cc2[n+]1[O-])CCC3)OC(C)(C)C.CC(C)(C)OP(=O)(OCCCc1nc2cc3c(cc2[n+]([O-])n1)CCC3)OC(C)(C)C.O=P(O)(O)OCCCc1n[n+]([O-])c2cc3c(cc2[n+]1[O-])CCC3.[O-][n+]1nc(CCCO)nc2cc3c(cc21)CCC3. The van der Waals surface area contributed by atoms with Crippen LogP contribution in [0.1, 0.15) is 202 Å². The first kappa shape index (κ1) is 79.2. The van der Waals surface area contributed by atoms with Gasteiger partial charge in [0.25, 0.3) is 11.0 Å². The molecule has 0 atom stereocenters. The van der Waals surface area contributed by atoms with Crippen molar-refractivity contribution in [3.8, 4) is 0 Å². The number of benzene rings is 4. The highest BCUT2D eigenvalue weighted by atomic mass is 31.2. The number of aromatic nitrogens is 12. The van der Waals surface area contributed by atoms with Crippen molar-refractivity contribution in [3.05, 3.63) is 148 Å². The summed E-state index contributed by atoms with van der Waals surface area (Å²) < 4.78 is 75.7. The number of phosphoric acid groups is 3. The minimum absolute atomic E-state index is 0.000223. The number of phosphoric ester groups is 3. The molecule has 3 N–H and O–H groups in total. The molecule has 0 saturated heterocycles. The summed E-state index contributed by atoms with van der Waals surface area (Å²) in [5, 5.41) is 98.2. The van der Waals surface area contributed by atoms with Crippen LogP contribution in [0.4, 0.5) is 0 Å². The van der Waals surface area contributed by atoms with Gasteiger partial charge in [-0.3, -0.25) is 31.7 Å². The number of rotatable bonds is 22. The normalized spacial score (nSPS) is 14.7. The molecule has 12 rings (SSSR count). The fourth-order valence-corrected chi connectivity index (χ4v) is 16.3. The fourth-order valence-electron chi connectivity index (χ4n) is 12.3. The molecule has 4 aromatic heterocycles. The molecule has 102 heavy (non-hydrogen) atoms. The van der Waals surface area contributed by atoms with E-state index in [0.717, 1.165) is 99.3 Å². The van der Waals surface area contributed by atoms with Crippen molar-refractivity contribution in [2.24, 2.45) is 0 Å². The molecule has 556 valence electrons. The van der Waals surface area contributed by atoms with Crippen LogP contribution < -0.4 is 28.8 Å². The van der Waals surface area contributed by atoms with Gasteiger partial charge in [0.15, 0.2) is 11.6 Å². The lowest BCUT2D eigenvalue weighted by molar-refractivity contribution is -0.685. The number of aliphatic hydroxyl groups excluding tert-OH is 1. The number of hydrogen-bond acceptors (Lipinski definition) is 23. The van der Waals surface area contributed by atoms with E-state index in [9.17, 15) is 44.9 Å². The molecule has 0 aliphatic heterocycles. The maximum absolute atomic E-state index is 13.1. The van der Waals surface area contributed by atoms with Gasteiger partial charge in [-0.2, -0.15) is 0 Å². The minimum Gasteiger partial charge on any atom is -0.710 e. The van der Waals surface area contributed by atoms with Crippen molar-refractivity contribution in [2.45, 2.75) is 234 Å². The van der Waals surface area contributed by atoms with E-state index >= 15 is 0 Å². The molecule has 0 amide bonds. The molecule has 0 bridgehead atoms. The van der Waals surface area contributed by atoms with Gasteiger partial charge in [-0.15, -0.1) is 0 Å². The van der Waals surface area contributed by atoms with E-state index < -0.39 is 45.9 Å². The average molecular weight is 1480 g/mol. The van der Waals surface area contributed by atoms with Crippen molar-refractivity contribution < 1.29 is 89.1 Å². The summed E-state index contributed by atoms with van der Waals surface area (Å²) in [5.41, 5.74) is 10.1. The number of hydrogen-bond donors (Lipinski definition) is 3. The van der Waals surface area contributed by atoms with Gasteiger partial charge in [-0.05, 0) is 264 Å². The Bertz CT molecular complexity index is 4460. The number of aliphatic hydroxyl groups is 1. The Hall–Kier alpha value is -6.95. The lowest BCUT2D eigenvalue weighted by Crippen LogP contribution is -2.45. The van der Waals surface area contributed by atoms with Crippen molar-refractivity contribution in [1.82, 2.24) is 30.4 Å². The molecule has 4 aliphatic carbocycles. The van der Waals surface area contributed by atoms with Crippen LogP contribution in [-0.2, 0) is 122 Å².